The molecule has 6 nitrogen and oxygen atoms in total. The van der Waals surface area contributed by atoms with E-state index in [-0.39, 0.29) is 28.1 Å². The Bertz CT molecular complexity index is 1240. The van der Waals surface area contributed by atoms with Gasteiger partial charge in [0.25, 0.3) is 0 Å². The number of carbonyl (C=O) groups excluding carboxylic acids is 2. The number of thiophene rings is 1. The first-order chi connectivity index (χ1) is 13.9. The molecule has 1 atom stereocenters. The van der Waals surface area contributed by atoms with Crippen molar-refractivity contribution in [2.45, 2.75) is 11.8 Å². The predicted octanol–water partition coefficient (Wildman–Crippen LogP) is 3.83. The number of rotatable bonds is 2. The first-order valence-corrected chi connectivity index (χ1v) is 9.61. The molecule has 0 saturated heterocycles. The van der Waals surface area contributed by atoms with Crippen molar-refractivity contribution in [2.75, 3.05) is 10.6 Å². The van der Waals surface area contributed by atoms with Gasteiger partial charge in [-0.1, -0.05) is 36.4 Å². The first-order valence-electron chi connectivity index (χ1n) is 8.80. The fourth-order valence-corrected chi connectivity index (χ4v) is 5.45. The van der Waals surface area contributed by atoms with E-state index in [1.165, 1.54) is 18.2 Å². The summed E-state index contributed by atoms with van der Waals surface area (Å²) in [5, 5.41) is 15.3. The van der Waals surface area contributed by atoms with Gasteiger partial charge in [0, 0.05) is 16.8 Å². The summed E-state index contributed by atoms with van der Waals surface area (Å²) in [6.07, 6.45) is -0.154. The number of hydrogen-bond acceptors (Lipinski definition) is 4. The number of halogens is 1. The Morgan fingerprint density at radius 2 is 1.79 bits per heavy atom. The van der Waals surface area contributed by atoms with E-state index >= 15 is 0 Å². The molecule has 0 radical (unpaired) electrons. The molecule has 2 aromatic carbocycles. The van der Waals surface area contributed by atoms with Crippen molar-refractivity contribution in [3.8, 4) is 11.1 Å². The number of fused-ring (bicyclic) bond motifs is 4. The van der Waals surface area contributed by atoms with Crippen LogP contribution in [0.2, 0.25) is 0 Å². The molecule has 2 amide bonds. The van der Waals surface area contributed by atoms with Crippen molar-refractivity contribution in [1.82, 2.24) is 0 Å². The fourth-order valence-electron chi connectivity index (χ4n) is 4.14. The third kappa shape index (κ3) is 2.29. The number of hydrogen-bond donors (Lipinski definition) is 3. The minimum Gasteiger partial charge on any atom is -0.477 e. The second-order valence-corrected chi connectivity index (χ2v) is 7.95. The van der Waals surface area contributed by atoms with Crippen molar-refractivity contribution in [3.05, 3.63) is 69.7 Å². The number of anilines is 2. The monoisotopic (exact) mass is 408 g/mol. The van der Waals surface area contributed by atoms with Gasteiger partial charge in [0.2, 0.25) is 11.8 Å². The summed E-state index contributed by atoms with van der Waals surface area (Å²) in [4.78, 5) is 38.0. The Morgan fingerprint density at radius 1 is 1.07 bits per heavy atom. The molecule has 0 unspecified atom stereocenters. The Labute approximate surface area is 168 Å². The highest BCUT2D eigenvalue weighted by Crippen LogP contribution is 2.56. The van der Waals surface area contributed by atoms with Crippen LogP contribution in [0.5, 0.6) is 0 Å². The van der Waals surface area contributed by atoms with Crippen LogP contribution in [0.4, 0.5) is 15.8 Å². The van der Waals surface area contributed by atoms with Gasteiger partial charge in [0.1, 0.15) is 16.1 Å². The lowest BCUT2D eigenvalue weighted by molar-refractivity contribution is -0.125. The molecule has 144 valence electrons. The molecule has 3 aromatic rings. The first kappa shape index (κ1) is 17.6. The van der Waals surface area contributed by atoms with Crippen LogP contribution in [0.25, 0.3) is 11.1 Å². The number of carbonyl (C=O) groups is 3. The standard InChI is InChI=1S/C21H13FN2O4S/c22-12-7-3-1-5-10(12)15-16-18(29-17(15)19(26)27)21(9-14(25)24-16)11-6-2-4-8-13(11)23-20(21)28/h1-8H,9H2,(H,23,28)(H,24,25)(H,26,27)/t21-/m1/s1. The van der Waals surface area contributed by atoms with E-state index in [4.69, 9.17) is 0 Å². The van der Waals surface area contributed by atoms with Crippen molar-refractivity contribution < 1.29 is 23.9 Å². The highest BCUT2D eigenvalue weighted by atomic mass is 32.1. The van der Waals surface area contributed by atoms with Gasteiger partial charge in [0.15, 0.2) is 0 Å². The van der Waals surface area contributed by atoms with Gasteiger partial charge in [-0.3, -0.25) is 9.59 Å². The molecule has 0 aliphatic carbocycles. The summed E-state index contributed by atoms with van der Waals surface area (Å²) < 4.78 is 14.6. The average Bonchev–Trinajstić information content (AvgIpc) is 3.19. The molecule has 0 fully saturated rings. The normalized spacial score (nSPS) is 19.5. The van der Waals surface area contributed by atoms with Crippen molar-refractivity contribution >= 4 is 40.5 Å². The summed E-state index contributed by atoms with van der Waals surface area (Å²) >= 11 is 0.897. The second kappa shape index (κ2) is 5.99. The number of para-hydroxylation sites is 1. The maximum Gasteiger partial charge on any atom is 0.346 e. The average molecular weight is 408 g/mol. The van der Waals surface area contributed by atoms with Gasteiger partial charge in [-0.25, -0.2) is 9.18 Å². The predicted molar refractivity (Wildman–Crippen MR) is 106 cm³/mol. The van der Waals surface area contributed by atoms with E-state index in [1.807, 2.05) is 0 Å². The molecule has 2 aliphatic rings. The van der Waals surface area contributed by atoms with Crippen molar-refractivity contribution in [3.63, 3.8) is 0 Å². The summed E-state index contributed by atoms with van der Waals surface area (Å²) in [6, 6.07) is 12.8. The summed E-state index contributed by atoms with van der Waals surface area (Å²) in [5.74, 6) is -2.69. The molecule has 1 spiro atoms. The molecule has 0 saturated carbocycles. The molecule has 2 aliphatic heterocycles. The lowest BCUT2D eigenvalue weighted by Crippen LogP contribution is -2.42. The van der Waals surface area contributed by atoms with Crippen LogP contribution in [0.1, 0.15) is 26.5 Å². The third-order valence-corrected chi connectivity index (χ3v) is 6.69. The lowest BCUT2D eigenvalue weighted by Gasteiger charge is -2.31. The molecule has 8 heteroatoms. The van der Waals surface area contributed by atoms with Gasteiger partial charge in [-0.05, 0) is 17.7 Å². The second-order valence-electron chi connectivity index (χ2n) is 6.93. The Balaban J connectivity index is 1.87. The molecule has 0 bridgehead atoms. The molecule has 1 aromatic heterocycles. The number of carboxylic acid groups (broad SMARTS) is 1. The molecule has 29 heavy (non-hydrogen) atoms. The zero-order valence-corrected chi connectivity index (χ0v) is 15.6. The summed E-state index contributed by atoms with van der Waals surface area (Å²) in [5.41, 5.74) is 0.176. The van der Waals surface area contributed by atoms with Gasteiger partial charge in [0.05, 0.1) is 17.0 Å². The molecule has 3 N–H and O–H groups in total. The lowest BCUT2D eigenvalue weighted by atomic mass is 9.74. The summed E-state index contributed by atoms with van der Waals surface area (Å²) in [6.45, 7) is 0. The van der Waals surface area contributed by atoms with Crippen LogP contribution < -0.4 is 10.6 Å². The topological polar surface area (TPSA) is 95.5 Å². The molecule has 3 heterocycles. The summed E-state index contributed by atoms with van der Waals surface area (Å²) in [7, 11) is 0. The van der Waals surface area contributed by atoms with Crippen LogP contribution in [-0.2, 0) is 15.0 Å². The van der Waals surface area contributed by atoms with Gasteiger partial charge in [-0.2, -0.15) is 0 Å². The SMILES string of the molecule is O=C1C[C@]2(C(=O)Nc3ccccc32)c2sc(C(=O)O)c(-c3ccccc3F)c2N1. The van der Waals surface area contributed by atoms with Crippen LogP contribution in [0.15, 0.2) is 48.5 Å². The Hall–Kier alpha value is -3.52. The van der Waals surface area contributed by atoms with Crippen LogP contribution >= 0.6 is 11.3 Å². The minimum atomic E-state index is -1.34. The highest BCUT2D eigenvalue weighted by molar-refractivity contribution is 7.15. The number of carboxylic acids is 1. The van der Waals surface area contributed by atoms with E-state index in [0.717, 1.165) is 11.3 Å². The number of amides is 2. The van der Waals surface area contributed by atoms with E-state index in [0.29, 0.717) is 16.1 Å². The molecule has 5 rings (SSSR count). The van der Waals surface area contributed by atoms with Crippen molar-refractivity contribution in [1.29, 1.82) is 0 Å². The number of nitrogens with one attached hydrogen (secondary N) is 2. The maximum absolute atomic E-state index is 14.6. The molecular weight excluding hydrogens is 395 g/mol. The quantitative estimate of drug-likeness (QED) is 0.601. The Morgan fingerprint density at radius 3 is 2.55 bits per heavy atom. The third-order valence-electron chi connectivity index (χ3n) is 5.35. The fraction of sp³-hybridized carbons (Fsp3) is 0.0952. The van der Waals surface area contributed by atoms with E-state index in [2.05, 4.69) is 10.6 Å². The Kier molecular flexibility index (Phi) is 3.63. The molecular formula is C21H13FN2O4S. The number of benzene rings is 2. The van der Waals surface area contributed by atoms with Crippen LogP contribution in [-0.4, -0.2) is 22.9 Å². The minimum absolute atomic E-state index is 0.0615. The smallest absolute Gasteiger partial charge is 0.346 e. The van der Waals surface area contributed by atoms with Crippen LogP contribution in [0.3, 0.4) is 0 Å². The van der Waals surface area contributed by atoms with Gasteiger partial charge < -0.3 is 15.7 Å². The van der Waals surface area contributed by atoms with E-state index in [9.17, 15) is 23.9 Å². The van der Waals surface area contributed by atoms with Gasteiger partial charge in [-0.15, -0.1) is 11.3 Å². The highest BCUT2D eigenvalue weighted by Gasteiger charge is 2.55. The van der Waals surface area contributed by atoms with Crippen LogP contribution in [0, 0.1) is 5.82 Å². The zero-order chi connectivity index (χ0) is 20.3. The zero-order valence-electron chi connectivity index (χ0n) is 14.8. The van der Waals surface area contributed by atoms with E-state index < -0.39 is 29.0 Å². The van der Waals surface area contributed by atoms with Crippen molar-refractivity contribution in [2.24, 2.45) is 0 Å². The number of aromatic carboxylic acids is 1. The van der Waals surface area contributed by atoms with E-state index in [1.54, 1.807) is 30.3 Å². The van der Waals surface area contributed by atoms with Gasteiger partial charge >= 0.3 is 5.97 Å². The largest absolute Gasteiger partial charge is 0.477 e. The maximum atomic E-state index is 14.6.